The summed E-state index contributed by atoms with van der Waals surface area (Å²) in [6.07, 6.45) is 1.72. The maximum atomic E-state index is 5.62. The van der Waals surface area contributed by atoms with Crippen molar-refractivity contribution in [1.29, 1.82) is 0 Å². The third kappa shape index (κ3) is 1.46. The summed E-state index contributed by atoms with van der Waals surface area (Å²) in [5.74, 6) is 0.486. The molecule has 0 bridgehead atoms. The fraction of sp³-hybridized carbons (Fsp3) is 0.286. The highest BCUT2D eigenvalue weighted by molar-refractivity contribution is 6.17. The Labute approximate surface area is 65.0 Å². The number of pyridine rings is 1. The molecular weight excluding hydrogens is 148 g/mol. The molecule has 0 unspecified atom stereocenters. The zero-order valence-corrected chi connectivity index (χ0v) is 6.30. The summed E-state index contributed by atoms with van der Waals surface area (Å²) in [6.45, 7) is 0.461. The van der Waals surface area contributed by atoms with Crippen LogP contribution in [-0.2, 0) is 12.4 Å². The van der Waals surface area contributed by atoms with Gasteiger partial charge in [-0.05, 0) is 11.6 Å². The Hall–Kier alpha value is -0.600. The van der Waals surface area contributed by atoms with Gasteiger partial charge in [-0.25, -0.2) is 0 Å². The first-order valence-electron chi connectivity index (χ1n) is 3.07. The molecule has 0 saturated carbocycles. The van der Waals surface area contributed by atoms with Crippen LogP contribution < -0.4 is 5.73 Å². The molecule has 1 heterocycles. The highest BCUT2D eigenvalue weighted by Crippen LogP contribution is 2.06. The van der Waals surface area contributed by atoms with Gasteiger partial charge in [0.2, 0.25) is 0 Å². The molecule has 0 spiro atoms. The number of hydrogen-bond acceptors (Lipinski definition) is 2. The van der Waals surface area contributed by atoms with E-state index < -0.39 is 0 Å². The van der Waals surface area contributed by atoms with Crippen LogP contribution in [0.3, 0.4) is 0 Å². The number of halogens is 1. The minimum absolute atomic E-state index is 0.461. The van der Waals surface area contributed by atoms with E-state index in [0.29, 0.717) is 12.4 Å². The molecule has 0 radical (unpaired) electrons. The van der Waals surface area contributed by atoms with E-state index in [1.807, 2.05) is 12.1 Å². The number of aromatic nitrogens is 1. The van der Waals surface area contributed by atoms with E-state index in [4.69, 9.17) is 17.3 Å². The van der Waals surface area contributed by atoms with Crippen LogP contribution in [0.25, 0.3) is 0 Å². The third-order valence-corrected chi connectivity index (χ3v) is 1.61. The van der Waals surface area contributed by atoms with Crippen molar-refractivity contribution in [3.05, 3.63) is 29.6 Å². The van der Waals surface area contributed by atoms with Crippen LogP contribution in [-0.4, -0.2) is 4.98 Å². The molecule has 1 rings (SSSR count). The van der Waals surface area contributed by atoms with Gasteiger partial charge >= 0.3 is 0 Å². The van der Waals surface area contributed by atoms with Crippen LogP contribution in [0.4, 0.5) is 0 Å². The molecule has 2 N–H and O–H groups in total. The molecule has 0 aliphatic carbocycles. The van der Waals surface area contributed by atoms with E-state index >= 15 is 0 Å². The Morgan fingerprint density at radius 1 is 1.60 bits per heavy atom. The van der Waals surface area contributed by atoms with Gasteiger partial charge in [-0.3, -0.25) is 4.98 Å². The first-order chi connectivity index (χ1) is 4.88. The van der Waals surface area contributed by atoms with Crippen molar-refractivity contribution in [3.63, 3.8) is 0 Å². The molecule has 0 amide bonds. The van der Waals surface area contributed by atoms with E-state index in [9.17, 15) is 0 Å². The molecule has 0 aromatic carbocycles. The van der Waals surface area contributed by atoms with Crippen LogP contribution in [0, 0.1) is 0 Å². The van der Waals surface area contributed by atoms with Gasteiger partial charge in [-0.1, -0.05) is 6.07 Å². The summed E-state index contributed by atoms with van der Waals surface area (Å²) in [5.41, 5.74) is 7.31. The first kappa shape index (κ1) is 7.51. The Bertz CT molecular complexity index is 190. The van der Waals surface area contributed by atoms with E-state index in [-0.39, 0.29) is 0 Å². The lowest BCUT2D eigenvalue weighted by molar-refractivity contribution is 0.963. The SMILES string of the molecule is NCc1ncccc1CCl. The second-order valence-electron chi connectivity index (χ2n) is 1.95. The van der Waals surface area contributed by atoms with Crippen molar-refractivity contribution < 1.29 is 0 Å². The quantitative estimate of drug-likeness (QED) is 0.656. The lowest BCUT2D eigenvalue weighted by atomic mass is 10.2. The number of hydrogen-bond donors (Lipinski definition) is 1. The molecular formula is C7H9ClN2. The minimum Gasteiger partial charge on any atom is -0.325 e. The van der Waals surface area contributed by atoms with E-state index in [1.54, 1.807) is 6.20 Å². The molecule has 2 nitrogen and oxygen atoms in total. The molecule has 3 heteroatoms. The molecule has 0 aliphatic rings. The second kappa shape index (κ2) is 3.54. The molecule has 0 fully saturated rings. The highest BCUT2D eigenvalue weighted by Gasteiger charge is 1.97. The van der Waals surface area contributed by atoms with Crippen molar-refractivity contribution in [2.75, 3.05) is 0 Å². The Morgan fingerprint density at radius 2 is 2.40 bits per heavy atom. The summed E-state index contributed by atoms with van der Waals surface area (Å²) in [4.78, 5) is 4.06. The maximum Gasteiger partial charge on any atom is 0.0583 e. The van der Waals surface area contributed by atoms with Crippen molar-refractivity contribution in [2.45, 2.75) is 12.4 Å². The normalized spacial score (nSPS) is 9.80. The number of nitrogens with two attached hydrogens (primary N) is 1. The van der Waals surface area contributed by atoms with Gasteiger partial charge in [0, 0.05) is 18.6 Å². The van der Waals surface area contributed by atoms with E-state index in [0.717, 1.165) is 11.3 Å². The van der Waals surface area contributed by atoms with Gasteiger partial charge in [0.15, 0.2) is 0 Å². The topological polar surface area (TPSA) is 38.9 Å². The summed E-state index contributed by atoms with van der Waals surface area (Å²) in [7, 11) is 0. The van der Waals surface area contributed by atoms with Gasteiger partial charge in [-0.2, -0.15) is 0 Å². The zero-order valence-electron chi connectivity index (χ0n) is 5.55. The predicted octanol–water partition coefficient (Wildman–Crippen LogP) is 1.28. The fourth-order valence-corrected chi connectivity index (χ4v) is 1.02. The summed E-state index contributed by atoms with van der Waals surface area (Å²) >= 11 is 5.62. The Balaban J connectivity index is 2.96. The molecule has 10 heavy (non-hydrogen) atoms. The van der Waals surface area contributed by atoms with Gasteiger partial charge in [-0.15, -0.1) is 11.6 Å². The van der Waals surface area contributed by atoms with Crippen molar-refractivity contribution in [3.8, 4) is 0 Å². The standard InChI is InChI=1S/C7H9ClN2/c8-4-6-2-1-3-10-7(6)5-9/h1-3H,4-5,9H2. The summed E-state index contributed by atoms with van der Waals surface area (Å²) in [5, 5.41) is 0. The van der Waals surface area contributed by atoms with Gasteiger partial charge in [0.1, 0.15) is 0 Å². The van der Waals surface area contributed by atoms with Crippen LogP contribution >= 0.6 is 11.6 Å². The lowest BCUT2D eigenvalue weighted by Gasteiger charge is -2.00. The van der Waals surface area contributed by atoms with Crippen LogP contribution in [0.5, 0.6) is 0 Å². The van der Waals surface area contributed by atoms with Gasteiger partial charge in [0.05, 0.1) is 5.69 Å². The molecule has 0 saturated heterocycles. The van der Waals surface area contributed by atoms with E-state index in [1.165, 1.54) is 0 Å². The average Bonchev–Trinajstić information content (AvgIpc) is 2.04. The first-order valence-corrected chi connectivity index (χ1v) is 3.60. The smallest absolute Gasteiger partial charge is 0.0583 e. The summed E-state index contributed by atoms with van der Waals surface area (Å²) in [6, 6.07) is 3.79. The Morgan fingerprint density at radius 3 is 2.90 bits per heavy atom. The maximum absolute atomic E-state index is 5.62. The lowest BCUT2D eigenvalue weighted by Crippen LogP contribution is -2.02. The number of rotatable bonds is 2. The van der Waals surface area contributed by atoms with Gasteiger partial charge < -0.3 is 5.73 Å². The fourth-order valence-electron chi connectivity index (χ4n) is 0.777. The monoisotopic (exact) mass is 156 g/mol. The highest BCUT2D eigenvalue weighted by atomic mass is 35.5. The molecule has 1 aromatic heterocycles. The summed E-state index contributed by atoms with van der Waals surface area (Å²) < 4.78 is 0. The minimum atomic E-state index is 0.461. The predicted molar refractivity (Wildman–Crippen MR) is 41.7 cm³/mol. The van der Waals surface area contributed by atoms with Crippen molar-refractivity contribution >= 4 is 11.6 Å². The molecule has 0 atom stereocenters. The van der Waals surface area contributed by atoms with Crippen molar-refractivity contribution in [2.24, 2.45) is 5.73 Å². The molecule has 1 aromatic rings. The molecule has 54 valence electrons. The number of nitrogens with zero attached hydrogens (tertiary/aromatic N) is 1. The largest absolute Gasteiger partial charge is 0.325 e. The third-order valence-electron chi connectivity index (χ3n) is 1.32. The van der Waals surface area contributed by atoms with Crippen LogP contribution in [0.2, 0.25) is 0 Å². The van der Waals surface area contributed by atoms with E-state index in [2.05, 4.69) is 4.98 Å². The van der Waals surface area contributed by atoms with Crippen LogP contribution in [0.15, 0.2) is 18.3 Å². The zero-order chi connectivity index (χ0) is 7.40. The second-order valence-corrected chi connectivity index (χ2v) is 2.21. The molecule has 0 aliphatic heterocycles. The van der Waals surface area contributed by atoms with Gasteiger partial charge in [0.25, 0.3) is 0 Å². The average molecular weight is 157 g/mol. The van der Waals surface area contributed by atoms with Crippen LogP contribution in [0.1, 0.15) is 11.3 Å². The van der Waals surface area contributed by atoms with Crippen molar-refractivity contribution in [1.82, 2.24) is 4.98 Å². The number of alkyl halides is 1. The Kier molecular flexibility index (Phi) is 2.66.